The third-order valence-corrected chi connectivity index (χ3v) is 3.82. The van der Waals surface area contributed by atoms with E-state index < -0.39 is 0 Å². The Balaban J connectivity index is 1.98. The average molecular weight is 293 g/mol. The molecule has 7 nitrogen and oxygen atoms in total. The molecule has 1 aromatic rings. The lowest BCUT2D eigenvalue weighted by Crippen LogP contribution is -2.43. The largest absolute Gasteiger partial charge is 0.340 e. The molecule has 1 atom stereocenters. The molecule has 0 spiro atoms. The normalized spacial score (nSPS) is 19.2. The summed E-state index contributed by atoms with van der Waals surface area (Å²) < 4.78 is 0. The zero-order valence-electron chi connectivity index (χ0n) is 13.3. The number of aromatic amines is 1. The SMILES string of the molecule is Cc1n[nH]nc1C(=O)N(C)CC1CC(=O)N(C(C)(C)C)C1. The standard InChI is InChI=1S/C14H23N5O2/c1-9-12(16-17-15-9)13(21)18(5)7-10-6-11(20)19(8-10)14(2,3)4/h10H,6-8H2,1-5H3,(H,15,16,17). The third kappa shape index (κ3) is 3.22. The molecule has 1 unspecified atom stereocenters. The molecular weight excluding hydrogens is 270 g/mol. The molecule has 0 aliphatic carbocycles. The number of nitrogens with zero attached hydrogens (tertiary/aromatic N) is 4. The lowest BCUT2D eigenvalue weighted by atomic mass is 10.1. The Morgan fingerprint density at radius 2 is 2.10 bits per heavy atom. The molecule has 116 valence electrons. The van der Waals surface area contributed by atoms with Crippen molar-refractivity contribution in [3.63, 3.8) is 0 Å². The first kappa shape index (κ1) is 15.5. The number of nitrogens with one attached hydrogen (secondary N) is 1. The summed E-state index contributed by atoms with van der Waals surface area (Å²) in [7, 11) is 1.74. The van der Waals surface area contributed by atoms with Crippen LogP contribution >= 0.6 is 0 Å². The molecule has 1 fully saturated rings. The van der Waals surface area contributed by atoms with Gasteiger partial charge >= 0.3 is 0 Å². The summed E-state index contributed by atoms with van der Waals surface area (Å²) in [6.07, 6.45) is 0.493. The van der Waals surface area contributed by atoms with Gasteiger partial charge in [-0.1, -0.05) is 0 Å². The molecule has 1 aromatic heterocycles. The predicted octanol–water partition coefficient (Wildman–Crippen LogP) is 0.832. The number of likely N-dealkylation sites (tertiary alicyclic amines) is 1. The summed E-state index contributed by atoms with van der Waals surface area (Å²) in [4.78, 5) is 27.8. The summed E-state index contributed by atoms with van der Waals surface area (Å²) in [5.74, 6) is 0.159. The first-order valence-corrected chi connectivity index (χ1v) is 7.13. The van der Waals surface area contributed by atoms with Crippen molar-refractivity contribution in [2.24, 2.45) is 5.92 Å². The van der Waals surface area contributed by atoms with Crippen molar-refractivity contribution in [1.82, 2.24) is 25.2 Å². The van der Waals surface area contributed by atoms with E-state index in [1.54, 1.807) is 18.9 Å². The fourth-order valence-electron chi connectivity index (χ4n) is 2.69. The highest BCUT2D eigenvalue weighted by molar-refractivity contribution is 5.93. The molecular formula is C14H23N5O2. The zero-order valence-corrected chi connectivity index (χ0v) is 13.3. The van der Waals surface area contributed by atoms with Gasteiger partial charge < -0.3 is 9.80 Å². The second-order valence-electron chi connectivity index (χ2n) is 6.69. The van der Waals surface area contributed by atoms with Crippen LogP contribution < -0.4 is 0 Å². The fourth-order valence-corrected chi connectivity index (χ4v) is 2.69. The maximum absolute atomic E-state index is 12.3. The lowest BCUT2D eigenvalue weighted by Gasteiger charge is -2.32. The van der Waals surface area contributed by atoms with Gasteiger partial charge in [-0.15, -0.1) is 0 Å². The topological polar surface area (TPSA) is 82.2 Å². The first-order valence-electron chi connectivity index (χ1n) is 7.13. The van der Waals surface area contributed by atoms with E-state index in [-0.39, 0.29) is 23.3 Å². The molecule has 21 heavy (non-hydrogen) atoms. The van der Waals surface area contributed by atoms with Crippen LogP contribution in [0.2, 0.25) is 0 Å². The van der Waals surface area contributed by atoms with Crippen molar-refractivity contribution in [3.05, 3.63) is 11.4 Å². The summed E-state index contributed by atoms with van der Waals surface area (Å²) in [5, 5.41) is 10.2. The molecule has 2 rings (SSSR count). The minimum absolute atomic E-state index is 0.158. The second kappa shape index (κ2) is 5.46. The number of carbonyl (C=O) groups excluding carboxylic acids is 2. The quantitative estimate of drug-likeness (QED) is 0.895. The Morgan fingerprint density at radius 1 is 1.43 bits per heavy atom. The van der Waals surface area contributed by atoms with Crippen molar-refractivity contribution in [2.75, 3.05) is 20.1 Å². The van der Waals surface area contributed by atoms with Crippen LogP contribution in [0.25, 0.3) is 0 Å². The molecule has 0 saturated carbocycles. The van der Waals surface area contributed by atoms with Crippen molar-refractivity contribution in [3.8, 4) is 0 Å². The number of aromatic nitrogens is 3. The average Bonchev–Trinajstić information content (AvgIpc) is 2.94. The van der Waals surface area contributed by atoms with E-state index in [2.05, 4.69) is 15.4 Å². The van der Waals surface area contributed by atoms with E-state index in [9.17, 15) is 9.59 Å². The van der Waals surface area contributed by atoms with Crippen LogP contribution in [0.15, 0.2) is 0 Å². The molecule has 2 amide bonds. The number of H-pyrrole nitrogens is 1. The maximum atomic E-state index is 12.3. The van der Waals surface area contributed by atoms with Gasteiger partial charge in [0.15, 0.2) is 5.69 Å². The second-order valence-corrected chi connectivity index (χ2v) is 6.69. The van der Waals surface area contributed by atoms with Crippen LogP contribution in [-0.4, -0.2) is 62.7 Å². The van der Waals surface area contributed by atoms with E-state index in [0.29, 0.717) is 30.9 Å². The van der Waals surface area contributed by atoms with Crippen molar-refractivity contribution >= 4 is 11.8 Å². The zero-order chi connectivity index (χ0) is 15.8. The summed E-state index contributed by atoms with van der Waals surface area (Å²) in [5.41, 5.74) is 0.761. The van der Waals surface area contributed by atoms with Crippen molar-refractivity contribution in [1.29, 1.82) is 0 Å². The number of hydrogen-bond acceptors (Lipinski definition) is 4. The number of rotatable bonds is 3. The van der Waals surface area contributed by atoms with Gasteiger partial charge in [0.2, 0.25) is 5.91 Å². The summed E-state index contributed by atoms with van der Waals surface area (Å²) in [6, 6.07) is 0. The van der Waals surface area contributed by atoms with Crippen LogP contribution in [-0.2, 0) is 4.79 Å². The number of hydrogen-bond donors (Lipinski definition) is 1. The van der Waals surface area contributed by atoms with Crippen LogP contribution in [0.4, 0.5) is 0 Å². The summed E-state index contributed by atoms with van der Waals surface area (Å²) >= 11 is 0. The minimum atomic E-state index is -0.170. The Bertz CT molecular complexity index is 546. The van der Waals surface area contributed by atoms with Crippen LogP contribution in [0.5, 0.6) is 0 Å². The smallest absolute Gasteiger partial charge is 0.276 e. The Kier molecular flexibility index (Phi) is 4.02. The molecule has 2 heterocycles. The molecule has 0 radical (unpaired) electrons. The Morgan fingerprint density at radius 3 is 2.57 bits per heavy atom. The number of carbonyl (C=O) groups is 2. The summed E-state index contributed by atoms with van der Waals surface area (Å²) in [6.45, 7) is 9.06. The van der Waals surface area contributed by atoms with Gasteiger partial charge in [0.1, 0.15) is 0 Å². The lowest BCUT2D eigenvalue weighted by molar-refractivity contribution is -0.131. The highest BCUT2D eigenvalue weighted by atomic mass is 16.2. The van der Waals surface area contributed by atoms with E-state index in [1.807, 2.05) is 25.7 Å². The highest BCUT2D eigenvalue weighted by Crippen LogP contribution is 2.26. The van der Waals surface area contributed by atoms with E-state index in [1.165, 1.54) is 0 Å². The van der Waals surface area contributed by atoms with Gasteiger partial charge in [-0.05, 0) is 27.7 Å². The Labute approximate surface area is 124 Å². The molecule has 7 heteroatoms. The van der Waals surface area contributed by atoms with Gasteiger partial charge in [-0.3, -0.25) is 9.59 Å². The monoisotopic (exact) mass is 293 g/mol. The van der Waals surface area contributed by atoms with E-state index in [0.717, 1.165) is 0 Å². The van der Waals surface area contributed by atoms with E-state index in [4.69, 9.17) is 0 Å². The molecule has 1 aliphatic rings. The van der Waals surface area contributed by atoms with Gasteiger partial charge in [0.05, 0.1) is 5.69 Å². The molecule has 1 aliphatic heterocycles. The molecule has 0 aromatic carbocycles. The van der Waals surface area contributed by atoms with Crippen LogP contribution in [0, 0.1) is 12.8 Å². The predicted molar refractivity (Wildman–Crippen MR) is 77.7 cm³/mol. The van der Waals surface area contributed by atoms with Gasteiger partial charge in [-0.2, -0.15) is 15.4 Å². The Hall–Kier alpha value is -1.92. The first-order chi connectivity index (χ1) is 9.70. The maximum Gasteiger partial charge on any atom is 0.276 e. The van der Waals surface area contributed by atoms with Gasteiger partial charge in [-0.25, -0.2) is 0 Å². The number of amides is 2. The minimum Gasteiger partial charge on any atom is -0.340 e. The van der Waals surface area contributed by atoms with Crippen LogP contribution in [0.1, 0.15) is 43.4 Å². The third-order valence-electron chi connectivity index (χ3n) is 3.82. The number of aryl methyl sites for hydroxylation is 1. The highest BCUT2D eigenvalue weighted by Gasteiger charge is 2.37. The van der Waals surface area contributed by atoms with E-state index >= 15 is 0 Å². The van der Waals surface area contributed by atoms with Crippen molar-refractivity contribution in [2.45, 2.75) is 39.7 Å². The van der Waals surface area contributed by atoms with Crippen molar-refractivity contribution < 1.29 is 9.59 Å². The fraction of sp³-hybridized carbons (Fsp3) is 0.714. The van der Waals surface area contributed by atoms with Gasteiger partial charge in [0, 0.05) is 38.0 Å². The molecule has 1 N–H and O–H groups in total. The molecule has 0 bridgehead atoms. The van der Waals surface area contributed by atoms with Gasteiger partial charge in [0.25, 0.3) is 5.91 Å². The molecule has 1 saturated heterocycles. The van der Waals surface area contributed by atoms with Crippen LogP contribution in [0.3, 0.4) is 0 Å².